The summed E-state index contributed by atoms with van der Waals surface area (Å²) < 4.78 is 0. The van der Waals surface area contributed by atoms with E-state index in [4.69, 9.17) is 0 Å². The van der Waals surface area contributed by atoms with E-state index in [0.717, 1.165) is 37.8 Å². The highest BCUT2D eigenvalue weighted by atomic mass is 16.1. The zero-order valence-electron chi connectivity index (χ0n) is 13.0. The molecule has 3 rings (SSSR count). The predicted octanol–water partition coefficient (Wildman–Crippen LogP) is 2.55. The molecule has 0 amide bonds. The van der Waals surface area contributed by atoms with Crippen molar-refractivity contribution in [3.8, 4) is 0 Å². The van der Waals surface area contributed by atoms with E-state index in [-0.39, 0.29) is 0 Å². The summed E-state index contributed by atoms with van der Waals surface area (Å²) in [5.41, 5.74) is 0. The van der Waals surface area contributed by atoms with Crippen LogP contribution in [-0.4, -0.2) is 54.3 Å². The van der Waals surface area contributed by atoms with Crippen LogP contribution < -0.4 is 0 Å². The molecule has 3 nitrogen and oxygen atoms in total. The number of nitrogens with zero attached hydrogens (tertiary/aromatic N) is 2. The lowest BCUT2D eigenvalue weighted by Crippen LogP contribution is -2.49. The summed E-state index contributed by atoms with van der Waals surface area (Å²) >= 11 is 0. The molecule has 3 aliphatic rings. The van der Waals surface area contributed by atoms with E-state index in [9.17, 15) is 4.79 Å². The Balaban J connectivity index is 1.45. The van der Waals surface area contributed by atoms with Crippen LogP contribution in [0.2, 0.25) is 0 Å². The maximum atomic E-state index is 12.2. The highest BCUT2D eigenvalue weighted by Crippen LogP contribution is 2.31. The van der Waals surface area contributed by atoms with E-state index in [1.807, 2.05) is 0 Å². The number of rotatable bonds is 5. The van der Waals surface area contributed by atoms with Gasteiger partial charge in [0.05, 0.1) is 0 Å². The molecule has 114 valence electrons. The largest absolute Gasteiger partial charge is 0.300 e. The van der Waals surface area contributed by atoms with Crippen molar-refractivity contribution in [1.29, 1.82) is 0 Å². The Morgan fingerprint density at radius 2 is 1.85 bits per heavy atom. The Morgan fingerprint density at radius 1 is 1.10 bits per heavy atom. The molecule has 3 heteroatoms. The zero-order valence-corrected chi connectivity index (χ0v) is 13.0. The lowest BCUT2D eigenvalue weighted by atomic mass is 9.78. The number of carbonyl (C=O) groups is 1. The summed E-state index contributed by atoms with van der Waals surface area (Å²) in [5, 5.41) is 0. The summed E-state index contributed by atoms with van der Waals surface area (Å²) in [5.74, 6) is 1.70. The molecule has 0 radical (unpaired) electrons. The smallest absolute Gasteiger partial charge is 0.137 e. The molecule has 0 aromatic rings. The number of ketones is 1. The van der Waals surface area contributed by atoms with Crippen LogP contribution >= 0.6 is 0 Å². The zero-order chi connectivity index (χ0) is 13.9. The van der Waals surface area contributed by atoms with E-state index in [1.54, 1.807) is 0 Å². The molecule has 3 fully saturated rings. The SMILES string of the molecule is CCCC1CCC(=O)C(CN2CCN(C3CC3)CC2)C1. The van der Waals surface area contributed by atoms with Gasteiger partial charge in [0.15, 0.2) is 0 Å². The van der Waals surface area contributed by atoms with Gasteiger partial charge in [-0.1, -0.05) is 19.8 Å². The Morgan fingerprint density at radius 3 is 2.50 bits per heavy atom. The van der Waals surface area contributed by atoms with Crippen molar-refractivity contribution in [2.45, 2.75) is 57.9 Å². The monoisotopic (exact) mass is 278 g/mol. The van der Waals surface area contributed by atoms with Gasteiger partial charge in [0.2, 0.25) is 0 Å². The van der Waals surface area contributed by atoms with Gasteiger partial charge in [-0.05, 0) is 31.6 Å². The number of hydrogen-bond acceptors (Lipinski definition) is 3. The third-order valence-electron chi connectivity index (χ3n) is 5.52. The summed E-state index contributed by atoms with van der Waals surface area (Å²) in [6.45, 7) is 8.12. The van der Waals surface area contributed by atoms with Gasteiger partial charge in [-0.25, -0.2) is 0 Å². The minimum atomic E-state index is 0.341. The summed E-state index contributed by atoms with van der Waals surface area (Å²) in [7, 11) is 0. The maximum absolute atomic E-state index is 12.2. The number of hydrogen-bond donors (Lipinski definition) is 0. The fraction of sp³-hybridized carbons (Fsp3) is 0.941. The van der Waals surface area contributed by atoms with Crippen LogP contribution in [0.3, 0.4) is 0 Å². The fourth-order valence-corrected chi connectivity index (χ4v) is 4.11. The molecular weight excluding hydrogens is 248 g/mol. The molecule has 0 bridgehead atoms. The van der Waals surface area contributed by atoms with Gasteiger partial charge >= 0.3 is 0 Å². The summed E-state index contributed by atoms with van der Waals surface area (Å²) in [4.78, 5) is 17.4. The van der Waals surface area contributed by atoms with Crippen molar-refractivity contribution in [1.82, 2.24) is 9.80 Å². The van der Waals surface area contributed by atoms with Gasteiger partial charge in [-0.15, -0.1) is 0 Å². The van der Waals surface area contributed by atoms with Crippen molar-refractivity contribution in [2.75, 3.05) is 32.7 Å². The molecule has 0 aromatic heterocycles. The van der Waals surface area contributed by atoms with Crippen molar-refractivity contribution < 1.29 is 4.79 Å². The topological polar surface area (TPSA) is 23.6 Å². The Hall–Kier alpha value is -0.410. The van der Waals surface area contributed by atoms with Gasteiger partial charge < -0.3 is 4.90 Å². The maximum Gasteiger partial charge on any atom is 0.137 e. The minimum Gasteiger partial charge on any atom is -0.300 e. The summed E-state index contributed by atoms with van der Waals surface area (Å²) in [6.07, 6.45) is 8.58. The molecule has 0 aromatic carbocycles. The van der Waals surface area contributed by atoms with Crippen LogP contribution in [-0.2, 0) is 4.79 Å². The van der Waals surface area contributed by atoms with E-state index in [2.05, 4.69) is 16.7 Å². The lowest BCUT2D eigenvalue weighted by molar-refractivity contribution is -0.126. The highest BCUT2D eigenvalue weighted by molar-refractivity contribution is 5.81. The quantitative estimate of drug-likeness (QED) is 0.772. The van der Waals surface area contributed by atoms with E-state index in [0.29, 0.717) is 11.7 Å². The van der Waals surface area contributed by atoms with E-state index in [1.165, 1.54) is 51.9 Å². The Kier molecular flexibility index (Phi) is 4.77. The first-order valence-corrected chi connectivity index (χ1v) is 8.75. The fourth-order valence-electron chi connectivity index (χ4n) is 4.11. The van der Waals surface area contributed by atoms with Gasteiger partial charge in [-0.3, -0.25) is 9.69 Å². The third-order valence-corrected chi connectivity index (χ3v) is 5.52. The van der Waals surface area contributed by atoms with Crippen LogP contribution in [0.5, 0.6) is 0 Å². The average Bonchev–Trinajstić information content (AvgIpc) is 3.28. The third kappa shape index (κ3) is 3.62. The molecule has 2 atom stereocenters. The molecule has 0 N–H and O–H groups in total. The lowest BCUT2D eigenvalue weighted by Gasteiger charge is -2.38. The average molecular weight is 278 g/mol. The minimum absolute atomic E-state index is 0.341. The molecule has 1 aliphatic heterocycles. The van der Waals surface area contributed by atoms with Gasteiger partial charge in [-0.2, -0.15) is 0 Å². The number of carbonyl (C=O) groups excluding carboxylic acids is 1. The van der Waals surface area contributed by atoms with Crippen molar-refractivity contribution in [3.63, 3.8) is 0 Å². The van der Waals surface area contributed by atoms with Gasteiger partial charge in [0.1, 0.15) is 5.78 Å². The number of Topliss-reactive ketones (excluding diaryl/α,β-unsaturated/α-hetero) is 1. The van der Waals surface area contributed by atoms with Gasteiger partial charge in [0, 0.05) is 51.1 Å². The standard InChI is InChI=1S/C17H30N2O/c1-2-3-14-4-7-17(20)15(12-14)13-18-8-10-19(11-9-18)16-5-6-16/h14-16H,2-13H2,1H3. The molecular formula is C17H30N2O. The van der Waals surface area contributed by atoms with Crippen LogP contribution in [0.15, 0.2) is 0 Å². The Bertz CT molecular complexity index is 332. The molecule has 2 unspecified atom stereocenters. The molecule has 2 aliphatic carbocycles. The van der Waals surface area contributed by atoms with Crippen molar-refractivity contribution in [2.24, 2.45) is 11.8 Å². The first-order valence-electron chi connectivity index (χ1n) is 8.75. The Labute approximate surface area is 123 Å². The molecule has 1 heterocycles. The van der Waals surface area contributed by atoms with Crippen molar-refractivity contribution in [3.05, 3.63) is 0 Å². The van der Waals surface area contributed by atoms with Crippen LogP contribution in [0, 0.1) is 11.8 Å². The van der Waals surface area contributed by atoms with E-state index >= 15 is 0 Å². The predicted molar refractivity (Wildman–Crippen MR) is 81.8 cm³/mol. The second kappa shape index (κ2) is 6.57. The van der Waals surface area contributed by atoms with E-state index < -0.39 is 0 Å². The first-order chi connectivity index (χ1) is 9.76. The molecule has 0 spiro atoms. The van der Waals surface area contributed by atoms with Gasteiger partial charge in [0.25, 0.3) is 0 Å². The molecule has 1 saturated heterocycles. The molecule has 2 saturated carbocycles. The highest BCUT2D eigenvalue weighted by Gasteiger charge is 2.33. The molecule has 20 heavy (non-hydrogen) atoms. The summed E-state index contributed by atoms with van der Waals surface area (Å²) in [6, 6.07) is 0.905. The van der Waals surface area contributed by atoms with Crippen molar-refractivity contribution >= 4 is 5.78 Å². The normalized spacial score (nSPS) is 33.5. The number of piperazine rings is 1. The second-order valence-electron chi connectivity index (χ2n) is 7.16. The van der Waals surface area contributed by atoms with Crippen LogP contribution in [0.25, 0.3) is 0 Å². The van der Waals surface area contributed by atoms with Crippen LogP contribution in [0.1, 0.15) is 51.9 Å². The first kappa shape index (κ1) is 14.5. The van der Waals surface area contributed by atoms with Crippen LogP contribution in [0.4, 0.5) is 0 Å². The second-order valence-corrected chi connectivity index (χ2v) is 7.16.